The lowest BCUT2D eigenvalue weighted by Crippen LogP contribution is -2.31. The Bertz CT molecular complexity index is 351. The van der Waals surface area contributed by atoms with E-state index in [1.807, 2.05) is 0 Å². The predicted octanol–water partition coefficient (Wildman–Crippen LogP) is -0.781. The number of carbonyl (C=O) groups is 1. The van der Waals surface area contributed by atoms with Gasteiger partial charge in [-0.1, -0.05) is 5.10 Å². The molecule has 1 fully saturated rings. The highest BCUT2D eigenvalue weighted by Crippen LogP contribution is 2.09. The van der Waals surface area contributed by atoms with Crippen molar-refractivity contribution in [2.24, 2.45) is 5.73 Å². The van der Waals surface area contributed by atoms with Crippen LogP contribution in [0.3, 0.4) is 0 Å². The van der Waals surface area contributed by atoms with Crippen LogP contribution in [0.15, 0.2) is 4.42 Å². The van der Waals surface area contributed by atoms with Gasteiger partial charge in [-0.25, -0.2) is 0 Å². The highest BCUT2D eigenvalue weighted by molar-refractivity contribution is 5.78. The third kappa shape index (κ3) is 2.44. The SMILES string of the molecule is NCc1nnc(NCC2CCC(=O)N2)o1. The quantitative estimate of drug-likeness (QED) is 0.603. The molecule has 2 heterocycles. The van der Waals surface area contributed by atoms with Crippen molar-refractivity contribution in [3.05, 3.63) is 5.89 Å². The maximum Gasteiger partial charge on any atom is 0.315 e. The summed E-state index contributed by atoms with van der Waals surface area (Å²) >= 11 is 0. The van der Waals surface area contributed by atoms with Crippen LogP contribution < -0.4 is 16.4 Å². The molecule has 1 aromatic rings. The first-order chi connectivity index (χ1) is 7.28. The number of anilines is 1. The lowest BCUT2D eigenvalue weighted by Gasteiger charge is -2.08. The molecule has 7 heteroatoms. The molecule has 1 aliphatic rings. The van der Waals surface area contributed by atoms with Gasteiger partial charge >= 0.3 is 6.01 Å². The van der Waals surface area contributed by atoms with Crippen LogP contribution in [0.2, 0.25) is 0 Å². The summed E-state index contributed by atoms with van der Waals surface area (Å²) in [5, 5.41) is 13.2. The number of nitrogens with one attached hydrogen (secondary N) is 2. The number of amides is 1. The van der Waals surface area contributed by atoms with Crippen molar-refractivity contribution < 1.29 is 9.21 Å². The van der Waals surface area contributed by atoms with Gasteiger partial charge in [0.1, 0.15) is 0 Å². The summed E-state index contributed by atoms with van der Waals surface area (Å²) in [5.74, 6) is 0.489. The Labute approximate surface area is 86.4 Å². The summed E-state index contributed by atoms with van der Waals surface area (Å²) in [6, 6.07) is 0.488. The molecule has 0 aliphatic carbocycles. The van der Waals surface area contributed by atoms with E-state index in [4.69, 9.17) is 10.2 Å². The number of aromatic nitrogens is 2. The van der Waals surface area contributed by atoms with Crippen LogP contribution in [0.5, 0.6) is 0 Å². The Morgan fingerprint density at radius 3 is 3.07 bits per heavy atom. The van der Waals surface area contributed by atoms with Crippen molar-refractivity contribution in [1.82, 2.24) is 15.5 Å². The van der Waals surface area contributed by atoms with Gasteiger partial charge in [0.25, 0.3) is 0 Å². The lowest BCUT2D eigenvalue weighted by molar-refractivity contribution is -0.119. The molecule has 1 aromatic heterocycles. The molecule has 2 rings (SSSR count). The van der Waals surface area contributed by atoms with Crippen molar-refractivity contribution in [2.75, 3.05) is 11.9 Å². The van der Waals surface area contributed by atoms with Gasteiger partial charge < -0.3 is 20.8 Å². The number of nitrogens with zero attached hydrogens (tertiary/aromatic N) is 2. The Kier molecular flexibility index (Phi) is 2.82. The van der Waals surface area contributed by atoms with E-state index in [2.05, 4.69) is 20.8 Å². The number of nitrogens with two attached hydrogens (primary N) is 1. The normalized spacial score (nSPS) is 20.3. The highest BCUT2D eigenvalue weighted by atomic mass is 16.4. The van der Waals surface area contributed by atoms with E-state index in [0.29, 0.717) is 24.9 Å². The maximum atomic E-state index is 10.9. The third-order valence-electron chi connectivity index (χ3n) is 2.23. The van der Waals surface area contributed by atoms with E-state index in [1.54, 1.807) is 0 Å². The Balaban J connectivity index is 1.80. The van der Waals surface area contributed by atoms with Gasteiger partial charge in [-0.15, -0.1) is 5.10 Å². The molecule has 0 saturated carbocycles. The molecule has 1 amide bonds. The van der Waals surface area contributed by atoms with E-state index >= 15 is 0 Å². The summed E-state index contributed by atoms with van der Waals surface area (Å²) < 4.78 is 5.15. The van der Waals surface area contributed by atoms with E-state index < -0.39 is 0 Å². The van der Waals surface area contributed by atoms with Crippen molar-refractivity contribution in [3.8, 4) is 0 Å². The van der Waals surface area contributed by atoms with E-state index in [0.717, 1.165) is 6.42 Å². The van der Waals surface area contributed by atoms with Gasteiger partial charge in [-0.3, -0.25) is 4.79 Å². The standard InChI is InChI=1S/C8H13N5O2/c9-3-7-12-13-8(15-7)10-4-5-1-2-6(14)11-5/h5H,1-4,9H2,(H,10,13)(H,11,14). The second kappa shape index (κ2) is 4.26. The Morgan fingerprint density at radius 2 is 2.47 bits per heavy atom. The predicted molar refractivity (Wildman–Crippen MR) is 51.8 cm³/mol. The number of hydrogen-bond acceptors (Lipinski definition) is 6. The van der Waals surface area contributed by atoms with Crippen molar-refractivity contribution in [3.63, 3.8) is 0 Å². The van der Waals surface area contributed by atoms with Crippen LogP contribution >= 0.6 is 0 Å². The molecule has 1 aliphatic heterocycles. The van der Waals surface area contributed by atoms with Gasteiger partial charge in [0.05, 0.1) is 6.54 Å². The molecule has 82 valence electrons. The summed E-state index contributed by atoms with van der Waals surface area (Å²) in [6.07, 6.45) is 1.42. The second-order valence-electron chi connectivity index (χ2n) is 3.39. The minimum absolute atomic E-state index is 0.0926. The second-order valence-corrected chi connectivity index (χ2v) is 3.39. The number of hydrogen-bond donors (Lipinski definition) is 3. The van der Waals surface area contributed by atoms with Gasteiger partial charge in [0, 0.05) is 19.0 Å². The van der Waals surface area contributed by atoms with Gasteiger partial charge in [0.15, 0.2) is 0 Å². The van der Waals surface area contributed by atoms with Crippen LogP contribution in [0.25, 0.3) is 0 Å². The van der Waals surface area contributed by atoms with Crippen molar-refractivity contribution >= 4 is 11.9 Å². The fourth-order valence-corrected chi connectivity index (χ4v) is 1.45. The molecule has 4 N–H and O–H groups in total. The lowest BCUT2D eigenvalue weighted by atomic mass is 10.2. The summed E-state index contributed by atoms with van der Waals surface area (Å²) in [6.45, 7) is 0.826. The van der Waals surface area contributed by atoms with Gasteiger partial charge in [-0.05, 0) is 6.42 Å². The van der Waals surface area contributed by atoms with Gasteiger partial charge in [0.2, 0.25) is 11.8 Å². The van der Waals surface area contributed by atoms with E-state index in [1.165, 1.54) is 0 Å². The molecule has 15 heavy (non-hydrogen) atoms. The minimum atomic E-state index is 0.0926. The smallest absolute Gasteiger partial charge is 0.315 e. The largest absolute Gasteiger partial charge is 0.407 e. The summed E-state index contributed by atoms with van der Waals surface area (Å²) in [7, 11) is 0. The van der Waals surface area contributed by atoms with E-state index in [-0.39, 0.29) is 18.5 Å². The monoisotopic (exact) mass is 211 g/mol. The van der Waals surface area contributed by atoms with Crippen LogP contribution in [-0.4, -0.2) is 28.7 Å². The highest BCUT2D eigenvalue weighted by Gasteiger charge is 2.20. The maximum absolute atomic E-state index is 10.9. The fraction of sp³-hybridized carbons (Fsp3) is 0.625. The number of rotatable bonds is 4. The Morgan fingerprint density at radius 1 is 1.60 bits per heavy atom. The first-order valence-electron chi connectivity index (χ1n) is 4.83. The molecule has 1 saturated heterocycles. The van der Waals surface area contributed by atoms with Gasteiger partial charge in [-0.2, -0.15) is 0 Å². The first-order valence-corrected chi connectivity index (χ1v) is 4.83. The van der Waals surface area contributed by atoms with Crippen LogP contribution in [0, 0.1) is 0 Å². The van der Waals surface area contributed by atoms with Crippen LogP contribution in [-0.2, 0) is 11.3 Å². The van der Waals surface area contributed by atoms with E-state index in [9.17, 15) is 4.79 Å². The average molecular weight is 211 g/mol. The Hall–Kier alpha value is -1.63. The zero-order valence-corrected chi connectivity index (χ0v) is 8.19. The molecule has 0 aromatic carbocycles. The third-order valence-corrected chi connectivity index (χ3v) is 2.23. The molecule has 0 bridgehead atoms. The topological polar surface area (TPSA) is 106 Å². The average Bonchev–Trinajstić information content (AvgIpc) is 2.83. The molecule has 0 spiro atoms. The molecule has 1 unspecified atom stereocenters. The molecule has 7 nitrogen and oxygen atoms in total. The number of carbonyl (C=O) groups excluding carboxylic acids is 1. The fourth-order valence-electron chi connectivity index (χ4n) is 1.45. The first kappa shape index (κ1) is 9.91. The van der Waals surface area contributed by atoms with Crippen molar-refractivity contribution in [2.45, 2.75) is 25.4 Å². The zero-order chi connectivity index (χ0) is 10.7. The molecular formula is C8H13N5O2. The minimum Gasteiger partial charge on any atom is -0.407 e. The van der Waals surface area contributed by atoms with Crippen LogP contribution in [0.4, 0.5) is 6.01 Å². The summed E-state index contributed by atoms with van der Waals surface area (Å²) in [5.41, 5.74) is 5.32. The molecule has 0 radical (unpaired) electrons. The molecular weight excluding hydrogens is 198 g/mol. The van der Waals surface area contributed by atoms with Crippen molar-refractivity contribution in [1.29, 1.82) is 0 Å². The summed E-state index contributed by atoms with van der Waals surface area (Å²) in [4.78, 5) is 10.9. The zero-order valence-electron chi connectivity index (χ0n) is 8.19. The van der Waals surface area contributed by atoms with Crippen LogP contribution in [0.1, 0.15) is 18.7 Å². The molecule has 1 atom stereocenters.